The van der Waals surface area contributed by atoms with Crippen LogP contribution in [0.3, 0.4) is 0 Å². The molecule has 0 aromatic heterocycles. The van der Waals surface area contributed by atoms with Gasteiger partial charge in [0.1, 0.15) is 11.5 Å². The summed E-state index contributed by atoms with van der Waals surface area (Å²) < 4.78 is 0. The lowest BCUT2D eigenvalue weighted by atomic mass is 10.1. The number of rotatable bonds is 12. The Morgan fingerprint density at radius 3 is 1.40 bits per heavy atom. The first kappa shape index (κ1) is 19.3. The summed E-state index contributed by atoms with van der Waals surface area (Å²) in [6.45, 7) is 3.42. The molecule has 2 aromatic rings. The van der Waals surface area contributed by atoms with Gasteiger partial charge in [-0.1, -0.05) is 55.7 Å². The van der Waals surface area contributed by atoms with E-state index in [2.05, 4.69) is 10.6 Å². The summed E-state index contributed by atoms with van der Waals surface area (Å²) in [4.78, 5) is 0. The maximum absolute atomic E-state index is 9.68. The highest BCUT2D eigenvalue weighted by Crippen LogP contribution is 2.15. The van der Waals surface area contributed by atoms with E-state index in [1.165, 1.54) is 32.1 Å². The molecular weight excluding hydrogens is 312 g/mol. The Kier molecular flexibility index (Phi) is 8.87. The summed E-state index contributed by atoms with van der Waals surface area (Å²) in [5, 5.41) is 26.1. The topological polar surface area (TPSA) is 64.5 Å². The van der Waals surface area contributed by atoms with Gasteiger partial charge < -0.3 is 20.8 Å². The molecule has 4 N–H and O–H groups in total. The van der Waals surface area contributed by atoms with Gasteiger partial charge >= 0.3 is 0 Å². The van der Waals surface area contributed by atoms with Crippen LogP contribution in [0.2, 0.25) is 0 Å². The van der Waals surface area contributed by atoms with Crippen LogP contribution in [-0.2, 0) is 13.1 Å². The largest absolute Gasteiger partial charge is 0.508 e. The van der Waals surface area contributed by atoms with Crippen LogP contribution >= 0.6 is 0 Å². The molecule has 0 aliphatic carbocycles. The lowest BCUT2D eigenvalue weighted by Gasteiger charge is -2.07. The molecule has 0 bridgehead atoms. The number of unbranched alkanes of at least 4 members (excludes halogenated alkanes) is 4. The van der Waals surface area contributed by atoms with E-state index in [0.29, 0.717) is 11.5 Å². The van der Waals surface area contributed by atoms with Gasteiger partial charge in [0.2, 0.25) is 0 Å². The fourth-order valence-corrected chi connectivity index (χ4v) is 2.80. The fourth-order valence-electron chi connectivity index (χ4n) is 2.80. The Morgan fingerprint density at radius 1 is 0.560 bits per heavy atom. The third kappa shape index (κ3) is 7.59. The Bertz CT molecular complexity index is 563. The van der Waals surface area contributed by atoms with Crippen LogP contribution in [0.15, 0.2) is 48.5 Å². The number of para-hydroxylation sites is 2. The molecular formula is C21H30N2O2. The molecule has 4 heteroatoms. The van der Waals surface area contributed by atoms with E-state index in [1.807, 2.05) is 36.4 Å². The molecule has 0 spiro atoms. The molecule has 0 amide bonds. The SMILES string of the molecule is Oc1ccccc1CNCCCCCCCNCc1ccccc1O. The van der Waals surface area contributed by atoms with Crippen molar-refractivity contribution < 1.29 is 10.2 Å². The molecule has 0 aliphatic heterocycles. The second-order valence-electron chi connectivity index (χ2n) is 6.38. The van der Waals surface area contributed by atoms with Crippen molar-refractivity contribution in [2.24, 2.45) is 0 Å². The predicted octanol–water partition coefficient (Wildman–Crippen LogP) is 3.93. The molecule has 0 saturated heterocycles. The quantitative estimate of drug-likeness (QED) is 0.441. The van der Waals surface area contributed by atoms with Gasteiger partial charge in [-0.15, -0.1) is 0 Å². The van der Waals surface area contributed by atoms with E-state index in [4.69, 9.17) is 0 Å². The molecule has 2 aromatic carbocycles. The third-order valence-corrected chi connectivity index (χ3v) is 4.32. The van der Waals surface area contributed by atoms with Crippen LogP contribution in [-0.4, -0.2) is 23.3 Å². The van der Waals surface area contributed by atoms with Gasteiger partial charge in [-0.3, -0.25) is 0 Å². The van der Waals surface area contributed by atoms with Gasteiger partial charge in [-0.05, 0) is 38.1 Å². The Morgan fingerprint density at radius 2 is 0.960 bits per heavy atom. The van der Waals surface area contributed by atoms with Crippen LogP contribution in [0.25, 0.3) is 0 Å². The molecule has 0 heterocycles. The van der Waals surface area contributed by atoms with Crippen molar-refractivity contribution in [1.82, 2.24) is 10.6 Å². The monoisotopic (exact) mass is 342 g/mol. The van der Waals surface area contributed by atoms with E-state index in [1.54, 1.807) is 12.1 Å². The first-order valence-corrected chi connectivity index (χ1v) is 9.22. The van der Waals surface area contributed by atoms with Gasteiger partial charge in [-0.2, -0.15) is 0 Å². The maximum Gasteiger partial charge on any atom is 0.120 e. The summed E-state index contributed by atoms with van der Waals surface area (Å²) in [7, 11) is 0. The third-order valence-electron chi connectivity index (χ3n) is 4.32. The number of hydrogen-bond acceptors (Lipinski definition) is 4. The summed E-state index contributed by atoms with van der Waals surface area (Å²) in [6, 6.07) is 14.9. The highest BCUT2D eigenvalue weighted by atomic mass is 16.3. The second kappa shape index (κ2) is 11.5. The Labute approximate surface area is 150 Å². The lowest BCUT2D eigenvalue weighted by Crippen LogP contribution is -2.15. The lowest BCUT2D eigenvalue weighted by molar-refractivity contribution is 0.463. The number of benzene rings is 2. The van der Waals surface area contributed by atoms with E-state index in [0.717, 1.165) is 37.3 Å². The second-order valence-corrected chi connectivity index (χ2v) is 6.38. The van der Waals surface area contributed by atoms with Crippen molar-refractivity contribution >= 4 is 0 Å². The molecule has 0 fully saturated rings. The average molecular weight is 342 g/mol. The maximum atomic E-state index is 9.68. The average Bonchev–Trinajstić information content (AvgIpc) is 2.62. The predicted molar refractivity (Wildman–Crippen MR) is 103 cm³/mol. The zero-order valence-corrected chi connectivity index (χ0v) is 14.9. The molecule has 2 rings (SSSR count). The molecule has 4 nitrogen and oxygen atoms in total. The fraction of sp³-hybridized carbons (Fsp3) is 0.429. The molecule has 0 unspecified atom stereocenters. The summed E-state index contributed by atoms with van der Waals surface area (Å²) in [5.41, 5.74) is 1.91. The zero-order chi connectivity index (χ0) is 17.7. The molecule has 136 valence electrons. The van der Waals surface area contributed by atoms with Crippen LogP contribution < -0.4 is 10.6 Å². The van der Waals surface area contributed by atoms with Crippen LogP contribution in [0.4, 0.5) is 0 Å². The van der Waals surface area contributed by atoms with Gasteiger partial charge in [0, 0.05) is 24.2 Å². The van der Waals surface area contributed by atoms with Crippen LogP contribution in [0.1, 0.15) is 43.2 Å². The smallest absolute Gasteiger partial charge is 0.120 e. The van der Waals surface area contributed by atoms with Gasteiger partial charge in [0.15, 0.2) is 0 Å². The highest BCUT2D eigenvalue weighted by molar-refractivity contribution is 5.32. The summed E-state index contributed by atoms with van der Waals surface area (Å²) >= 11 is 0. The molecule has 0 radical (unpaired) electrons. The molecule has 25 heavy (non-hydrogen) atoms. The summed E-state index contributed by atoms with van der Waals surface area (Å²) in [5.74, 6) is 0.734. The van der Waals surface area contributed by atoms with Crippen LogP contribution in [0.5, 0.6) is 11.5 Å². The summed E-state index contributed by atoms with van der Waals surface area (Å²) in [6.07, 6.45) is 6.04. The minimum absolute atomic E-state index is 0.367. The first-order valence-electron chi connectivity index (χ1n) is 9.22. The highest BCUT2D eigenvalue weighted by Gasteiger charge is 1.99. The molecule has 0 atom stereocenters. The van der Waals surface area contributed by atoms with E-state index < -0.39 is 0 Å². The van der Waals surface area contributed by atoms with E-state index >= 15 is 0 Å². The first-order chi connectivity index (χ1) is 12.3. The van der Waals surface area contributed by atoms with Gasteiger partial charge in [0.25, 0.3) is 0 Å². The normalized spacial score (nSPS) is 10.9. The number of phenolic OH excluding ortho intramolecular Hbond substituents is 2. The van der Waals surface area contributed by atoms with Gasteiger partial charge in [-0.25, -0.2) is 0 Å². The number of aromatic hydroxyl groups is 2. The number of phenols is 2. The van der Waals surface area contributed by atoms with Crippen molar-refractivity contribution in [3.63, 3.8) is 0 Å². The number of nitrogens with one attached hydrogen (secondary N) is 2. The minimum Gasteiger partial charge on any atom is -0.508 e. The van der Waals surface area contributed by atoms with Crippen molar-refractivity contribution in [3.8, 4) is 11.5 Å². The van der Waals surface area contributed by atoms with Crippen LogP contribution in [0, 0.1) is 0 Å². The minimum atomic E-state index is 0.367. The van der Waals surface area contributed by atoms with Crippen molar-refractivity contribution in [3.05, 3.63) is 59.7 Å². The number of hydrogen-bond donors (Lipinski definition) is 4. The molecule has 0 saturated carbocycles. The van der Waals surface area contributed by atoms with E-state index in [9.17, 15) is 10.2 Å². The van der Waals surface area contributed by atoms with Crippen molar-refractivity contribution in [2.45, 2.75) is 45.2 Å². The standard InChI is InChI=1S/C21H30N2O2/c24-20-12-6-4-10-18(20)16-22-14-8-2-1-3-9-15-23-17-19-11-5-7-13-21(19)25/h4-7,10-13,22-25H,1-3,8-9,14-17H2. The molecule has 0 aliphatic rings. The van der Waals surface area contributed by atoms with Crippen molar-refractivity contribution in [1.29, 1.82) is 0 Å². The zero-order valence-electron chi connectivity index (χ0n) is 14.9. The van der Waals surface area contributed by atoms with Crippen molar-refractivity contribution in [2.75, 3.05) is 13.1 Å². The van der Waals surface area contributed by atoms with Gasteiger partial charge in [0.05, 0.1) is 0 Å². The van der Waals surface area contributed by atoms with E-state index in [-0.39, 0.29) is 0 Å². The Balaban J connectivity index is 1.40. The Hall–Kier alpha value is -2.04.